The van der Waals surface area contributed by atoms with Gasteiger partial charge in [-0.15, -0.1) is 10.2 Å². The summed E-state index contributed by atoms with van der Waals surface area (Å²) in [4.78, 5) is 57.9. The van der Waals surface area contributed by atoms with Crippen molar-refractivity contribution < 1.29 is 23.9 Å². The third-order valence-corrected chi connectivity index (χ3v) is 6.07. The quantitative estimate of drug-likeness (QED) is 0.361. The van der Waals surface area contributed by atoms with Crippen LogP contribution < -0.4 is 20.9 Å². The van der Waals surface area contributed by atoms with Crippen LogP contribution in [0.1, 0.15) is 59.4 Å². The molecule has 206 valence electrons. The number of fused-ring (bicyclic) bond motifs is 1. The molecule has 3 rings (SSSR count). The molecule has 0 bridgehead atoms. The number of tetrazole rings is 1. The Bertz CT molecular complexity index is 1150. The van der Waals surface area contributed by atoms with E-state index in [1.54, 1.807) is 32.9 Å². The molecule has 2 aromatic heterocycles. The van der Waals surface area contributed by atoms with E-state index in [1.807, 2.05) is 13.8 Å². The van der Waals surface area contributed by atoms with Crippen molar-refractivity contribution in [3.63, 3.8) is 0 Å². The van der Waals surface area contributed by atoms with Crippen LogP contribution in [0, 0.1) is 5.92 Å². The molecule has 38 heavy (non-hydrogen) atoms. The van der Waals surface area contributed by atoms with Gasteiger partial charge >= 0.3 is 6.09 Å². The zero-order valence-electron chi connectivity index (χ0n) is 22.4. The zero-order valence-corrected chi connectivity index (χ0v) is 22.4. The van der Waals surface area contributed by atoms with Crippen molar-refractivity contribution >= 4 is 29.6 Å². The van der Waals surface area contributed by atoms with Crippen molar-refractivity contribution in [2.45, 2.75) is 84.7 Å². The highest BCUT2D eigenvalue weighted by molar-refractivity contribution is 6.06. The van der Waals surface area contributed by atoms with Crippen LogP contribution >= 0.6 is 0 Å². The van der Waals surface area contributed by atoms with Gasteiger partial charge in [0.15, 0.2) is 5.82 Å². The molecule has 14 nitrogen and oxygen atoms in total. The molecule has 4 amide bonds. The molecular weight excluding hydrogens is 494 g/mol. The molecule has 1 aliphatic heterocycles. The number of H-pyrrole nitrogens is 1. The van der Waals surface area contributed by atoms with Gasteiger partial charge in [-0.1, -0.05) is 31.5 Å². The van der Waals surface area contributed by atoms with Crippen LogP contribution in [0.2, 0.25) is 0 Å². The first kappa shape index (κ1) is 28.5. The summed E-state index contributed by atoms with van der Waals surface area (Å²) in [5.41, 5.74) is -0.0117. The molecular formula is C24H35N9O5. The van der Waals surface area contributed by atoms with Crippen molar-refractivity contribution in [1.29, 1.82) is 0 Å². The summed E-state index contributed by atoms with van der Waals surface area (Å²) in [5, 5.41) is 21.4. The number of carbonyl (C=O) groups is 4. The van der Waals surface area contributed by atoms with Gasteiger partial charge in [0.05, 0.1) is 6.54 Å². The highest BCUT2D eigenvalue weighted by atomic mass is 16.6. The zero-order chi connectivity index (χ0) is 28.0. The normalized spacial score (nSPS) is 17.1. The maximum atomic E-state index is 13.6. The van der Waals surface area contributed by atoms with Gasteiger partial charge in [0.2, 0.25) is 11.8 Å². The first-order valence-electron chi connectivity index (χ1n) is 12.5. The molecule has 4 N–H and O–H groups in total. The van der Waals surface area contributed by atoms with Gasteiger partial charge in [-0.05, 0) is 45.2 Å². The van der Waals surface area contributed by atoms with Crippen molar-refractivity contribution in [1.82, 2.24) is 41.6 Å². The fourth-order valence-electron chi connectivity index (χ4n) is 3.97. The first-order valence-corrected chi connectivity index (χ1v) is 12.5. The fraction of sp³-hybridized carbons (Fsp3) is 0.583. The van der Waals surface area contributed by atoms with Crippen LogP contribution in [0.15, 0.2) is 18.3 Å². The predicted molar refractivity (Wildman–Crippen MR) is 135 cm³/mol. The van der Waals surface area contributed by atoms with Crippen LogP contribution in [0.25, 0.3) is 0 Å². The SMILES string of the molecule is CC[C@H](C)[C@H](NC(=O)OC(C)(C)C)C(=O)N[C@@H](C)C(=O)N1c2ncccc2C[C@H]1C(=O)NCc1nn[nH]n1. The molecule has 14 heteroatoms. The van der Waals surface area contributed by atoms with Gasteiger partial charge in [0.1, 0.15) is 29.5 Å². The van der Waals surface area contributed by atoms with E-state index in [9.17, 15) is 19.2 Å². The second-order valence-electron chi connectivity index (χ2n) is 10.2. The number of amides is 4. The Morgan fingerprint density at radius 1 is 1.21 bits per heavy atom. The summed E-state index contributed by atoms with van der Waals surface area (Å²) in [5.74, 6) is -1.07. The minimum atomic E-state index is -1.02. The second-order valence-corrected chi connectivity index (χ2v) is 10.2. The number of hydrogen-bond acceptors (Lipinski definition) is 9. The van der Waals surface area contributed by atoms with Crippen molar-refractivity contribution in [3.8, 4) is 0 Å². The van der Waals surface area contributed by atoms with E-state index >= 15 is 0 Å². The minimum absolute atomic E-state index is 0.0247. The molecule has 0 spiro atoms. The van der Waals surface area contributed by atoms with Crippen molar-refractivity contribution in [2.24, 2.45) is 5.92 Å². The number of pyridine rings is 1. The number of hydrogen-bond donors (Lipinski definition) is 4. The largest absolute Gasteiger partial charge is 0.444 e. The van der Waals surface area contributed by atoms with Crippen LogP contribution in [-0.4, -0.2) is 73.1 Å². The molecule has 3 heterocycles. The molecule has 0 saturated heterocycles. The van der Waals surface area contributed by atoms with Crippen molar-refractivity contribution in [2.75, 3.05) is 4.90 Å². The van der Waals surface area contributed by atoms with Gasteiger partial charge in [-0.2, -0.15) is 5.21 Å². The Balaban J connectivity index is 1.74. The van der Waals surface area contributed by atoms with Crippen LogP contribution in [-0.2, 0) is 32.1 Å². The van der Waals surface area contributed by atoms with Gasteiger partial charge in [-0.25, -0.2) is 9.78 Å². The number of alkyl carbamates (subject to hydrolysis) is 1. The molecule has 0 fully saturated rings. The van der Waals surface area contributed by atoms with Crippen LogP contribution in [0.5, 0.6) is 0 Å². The Kier molecular flexibility index (Phi) is 8.96. The lowest BCUT2D eigenvalue weighted by Crippen LogP contribution is -2.58. The highest BCUT2D eigenvalue weighted by Crippen LogP contribution is 2.30. The summed E-state index contributed by atoms with van der Waals surface area (Å²) in [6, 6.07) is 0.690. The maximum absolute atomic E-state index is 13.6. The summed E-state index contributed by atoms with van der Waals surface area (Å²) in [6.07, 6.45) is 1.66. The number of carbonyl (C=O) groups excluding carboxylic acids is 4. The number of aromatic nitrogens is 5. The molecule has 0 saturated carbocycles. The lowest BCUT2D eigenvalue weighted by Gasteiger charge is -2.29. The van der Waals surface area contributed by atoms with Gasteiger partial charge in [0, 0.05) is 12.6 Å². The predicted octanol–water partition coefficient (Wildman–Crippen LogP) is 0.613. The molecule has 4 atom stereocenters. The smallest absolute Gasteiger partial charge is 0.408 e. The molecule has 0 aromatic carbocycles. The summed E-state index contributed by atoms with van der Waals surface area (Å²) < 4.78 is 5.30. The second kappa shape index (κ2) is 12.0. The van der Waals surface area contributed by atoms with E-state index < -0.39 is 47.5 Å². The summed E-state index contributed by atoms with van der Waals surface area (Å²) in [7, 11) is 0. The number of anilines is 1. The molecule has 1 aliphatic rings. The number of nitrogens with one attached hydrogen (secondary N) is 4. The van der Waals surface area contributed by atoms with Crippen LogP contribution in [0.4, 0.5) is 10.6 Å². The average molecular weight is 530 g/mol. The van der Waals surface area contributed by atoms with E-state index in [0.717, 1.165) is 5.56 Å². The number of rotatable bonds is 9. The highest BCUT2D eigenvalue weighted by Gasteiger charge is 2.41. The number of aromatic amines is 1. The summed E-state index contributed by atoms with van der Waals surface area (Å²) in [6.45, 7) is 10.4. The Labute approximate surface area is 220 Å². The van der Waals surface area contributed by atoms with E-state index in [4.69, 9.17) is 4.74 Å². The van der Waals surface area contributed by atoms with Crippen molar-refractivity contribution in [3.05, 3.63) is 29.7 Å². The van der Waals surface area contributed by atoms with E-state index in [2.05, 4.69) is 41.6 Å². The third-order valence-electron chi connectivity index (χ3n) is 6.07. The molecule has 2 aromatic rings. The minimum Gasteiger partial charge on any atom is -0.444 e. The van der Waals surface area contributed by atoms with E-state index in [-0.39, 0.29) is 18.9 Å². The summed E-state index contributed by atoms with van der Waals surface area (Å²) >= 11 is 0. The first-order chi connectivity index (χ1) is 17.9. The van der Waals surface area contributed by atoms with Gasteiger partial charge < -0.3 is 20.7 Å². The standard InChI is InChI=1S/C24H35N9O5/c1-7-13(2)18(28-23(37)38-24(4,5)6)21(35)27-14(3)22(36)33-16(11-15-9-8-10-25-19(15)33)20(34)26-12-17-29-31-32-30-17/h8-10,13-14,16,18H,7,11-12H2,1-6H3,(H,26,34)(H,27,35)(H,28,37)(H,29,30,31,32)/t13-,14-,16-,18-/m0/s1. The monoisotopic (exact) mass is 529 g/mol. The topological polar surface area (TPSA) is 184 Å². The number of ether oxygens (including phenoxy) is 1. The molecule has 0 radical (unpaired) electrons. The molecule has 0 aliphatic carbocycles. The van der Waals surface area contributed by atoms with E-state index in [1.165, 1.54) is 18.0 Å². The Morgan fingerprint density at radius 2 is 1.95 bits per heavy atom. The molecule has 0 unspecified atom stereocenters. The van der Waals surface area contributed by atoms with Gasteiger partial charge in [-0.3, -0.25) is 19.3 Å². The maximum Gasteiger partial charge on any atom is 0.408 e. The third kappa shape index (κ3) is 7.01. The van der Waals surface area contributed by atoms with Gasteiger partial charge in [0.25, 0.3) is 5.91 Å². The Morgan fingerprint density at radius 3 is 2.58 bits per heavy atom. The van der Waals surface area contributed by atoms with Crippen LogP contribution in [0.3, 0.4) is 0 Å². The van der Waals surface area contributed by atoms with E-state index in [0.29, 0.717) is 18.1 Å². The lowest BCUT2D eigenvalue weighted by atomic mass is 9.98. The lowest BCUT2D eigenvalue weighted by molar-refractivity contribution is -0.130. The fourth-order valence-corrected chi connectivity index (χ4v) is 3.97. The Hall–Kier alpha value is -4.10. The number of nitrogens with zero attached hydrogens (tertiary/aromatic N) is 5. The average Bonchev–Trinajstić information content (AvgIpc) is 3.51.